The van der Waals surface area contributed by atoms with Gasteiger partial charge in [0.15, 0.2) is 25.6 Å². The maximum absolute atomic E-state index is 14.0. The highest BCUT2D eigenvalue weighted by Crippen LogP contribution is 2.53. The second-order valence-electron chi connectivity index (χ2n) is 15.7. The predicted molar refractivity (Wildman–Crippen MR) is 199 cm³/mol. The molecule has 1 saturated heterocycles. The lowest BCUT2D eigenvalue weighted by Gasteiger charge is -2.50. The zero-order valence-electron chi connectivity index (χ0n) is 32.4. The monoisotopic (exact) mass is 670 g/mol. The smallest absolute Gasteiger partial charge is 0.192 e. The van der Waals surface area contributed by atoms with Crippen LogP contribution in [0.2, 0.25) is 18.1 Å². The highest BCUT2D eigenvalue weighted by Gasteiger charge is 2.49. The Kier molecular flexibility index (Phi) is 14.6. The summed E-state index contributed by atoms with van der Waals surface area (Å²) < 4.78 is 32.7. The van der Waals surface area contributed by atoms with E-state index in [0.29, 0.717) is 23.2 Å². The van der Waals surface area contributed by atoms with Crippen molar-refractivity contribution >= 4 is 14.1 Å². The van der Waals surface area contributed by atoms with Gasteiger partial charge in [-0.05, 0) is 75.6 Å². The number of carbonyl (C=O) groups is 1. The van der Waals surface area contributed by atoms with E-state index >= 15 is 0 Å². The Morgan fingerprint density at radius 3 is 2.04 bits per heavy atom. The third kappa shape index (κ3) is 9.63. The third-order valence-electron chi connectivity index (χ3n) is 10.6. The normalized spacial score (nSPS) is 23.6. The SMILES string of the molecule is C=C[C@@H](C)CC[C@H]1O[C@@H](c2c(CC(=O)/C(C)=C\[C@H](C)CC(=C)C)c(OC)c(C)c(OC)c2OC)[C@H](C)[C@@H](O[Si](C)(C)C(C)(C)C)[C@H]1C. The van der Waals surface area contributed by atoms with E-state index in [-0.39, 0.29) is 47.2 Å². The summed E-state index contributed by atoms with van der Waals surface area (Å²) in [5, 5.41) is 0.0454. The average molecular weight is 671 g/mol. The molecule has 1 aliphatic rings. The molecule has 6 nitrogen and oxygen atoms in total. The van der Waals surface area contributed by atoms with Gasteiger partial charge in [-0.1, -0.05) is 66.2 Å². The number of allylic oxidation sites excluding steroid dienone is 4. The van der Waals surface area contributed by atoms with Crippen LogP contribution in [0.15, 0.2) is 36.5 Å². The van der Waals surface area contributed by atoms with E-state index < -0.39 is 14.4 Å². The first-order valence-corrected chi connectivity index (χ1v) is 20.3. The van der Waals surface area contributed by atoms with Gasteiger partial charge in [0.1, 0.15) is 5.75 Å². The molecular weight excluding hydrogens is 605 g/mol. The molecular formula is C40H66O6Si. The molecule has 0 spiro atoms. The fourth-order valence-electron chi connectivity index (χ4n) is 6.75. The number of methoxy groups -OCH3 is 3. The Bertz CT molecular complexity index is 1290. The Hall–Kier alpha value is -2.35. The highest BCUT2D eigenvalue weighted by atomic mass is 28.4. The number of Topliss-reactive ketones (excluding diaryl/α,β-unsaturated/α-hetero) is 1. The number of benzene rings is 1. The molecule has 266 valence electrons. The molecule has 1 aliphatic heterocycles. The number of ketones is 1. The fourth-order valence-corrected chi connectivity index (χ4v) is 8.21. The second-order valence-corrected chi connectivity index (χ2v) is 20.4. The number of hydrogen-bond acceptors (Lipinski definition) is 6. The van der Waals surface area contributed by atoms with E-state index in [1.165, 1.54) is 0 Å². The van der Waals surface area contributed by atoms with Crippen molar-refractivity contribution in [2.75, 3.05) is 21.3 Å². The van der Waals surface area contributed by atoms with Gasteiger partial charge in [-0.25, -0.2) is 0 Å². The first-order valence-electron chi connectivity index (χ1n) is 17.4. The first-order chi connectivity index (χ1) is 21.8. The van der Waals surface area contributed by atoms with Gasteiger partial charge < -0.3 is 23.4 Å². The minimum Gasteiger partial charge on any atom is -0.496 e. The summed E-state index contributed by atoms with van der Waals surface area (Å²) >= 11 is 0. The quantitative estimate of drug-likeness (QED) is 0.0991. The molecule has 7 atom stereocenters. The van der Waals surface area contributed by atoms with Crippen LogP contribution < -0.4 is 14.2 Å². The van der Waals surface area contributed by atoms with Crippen molar-refractivity contribution < 1.29 is 28.2 Å². The summed E-state index contributed by atoms with van der Waals surface area (Å²) in [5.41, 5.74) is 4.20. The van der Waals surface area contributed by atoms with Crippen LogP contribution >= 0.6 is 0 Å². The van der Waals surface area contributed by atoms with Gasteiger partial charge in [0, 0.05) is 34.9 Å². The summed E-state index contributed by atoms with van der Waals surface area (Å²) in [5.74, 6) is 2.53. The summed E-state index contributed by atoms with van der Waals surface area (Å²) in [6, 6.07) is 0. The van der Waals surface area contributed by atoms with Crippen LogP contribution in [-0.2, 0) is 20.4 Å². The summed E-state index contributed by atoms with van der Waals surface area (Å²) in [6.07, 6.45) is 6.33. The Morgan fingerprint density at radius 2 is 1.55 bits per heavy atom. The second kappa shape index (κ2) is 16.8. The number of ether oxygens (including phenoxy) is 4. The van der Waals surface area contributed by atoms with Crippen molar-refractivity contribution in [2.24, 2.45) is 23.7 Å². The van der Waals surface area contributed by atoms with Gasteiger partial charge in [0.05, 0.1) is 39.6 Å². The number of hydrogen-bond donors (Lipinski definition) is 0. The van der Waals surface area contributed by atoms with Crippen molar-refractivity contribution in [3.63, 3.8) is 0 Å². The van der Waals surface area contributed by atoms with Crippen LogP contribution in [-0.4, -0.2) is 47.6 Å². The van der Waals surface area contributed by atoms with Gasteiger partial charge in [0.25, 0.3) is 0 Å². The van der Waals surface area contributed by atoms with E-state index in [9.17, 15) is 4.79 Å². The Labute approximate surface area is 288 Å². The van der Waals surface area contributed by atoms with Crippen LogP contribution in [0.4, 0.5) is 0 Å². The van der Waals surface area contributed by atoms with E-state index in [0.717, 1.165) is 47.1 Å². The van der Waals surface area contributed by atoms with Crippen LogP contribution in [0.3, 0.4) is 0 Å². The molecule has 0 N–H and O–H groups in total. The van der Waals surface area contributed by atoms with Gasteiger partial charge in [-0.3, -0.25) is 4.79 Å². The molecule has 1 heterocycles. The lowest BCUT2D eigenvalue weighted by molar-refractivity contribution is -0.165. The van der Waals surface area contributed by atoms with E-state index in [1.807, 2.05) is 26.8 Å². The molecule has 0 amide bonds. The minimum atomic E-state index is -2.16. The largest absolute Gasteiger partial charge is 0.496 e. The van der Waals surface area contributed by atoms with Gasteiger partial charge >= 0.3 is 0 Å². The van der Waals surface area contributed by atoms with Crippen molar-refractivity contribution in [1.29, 1.82) is 0 Å². The van der Waals surface area contributed by atoms with Crippen LogP contribution in [0.5, 0.6) is 17.2 Å². The van der Waals surface area contributed by atoms with Crippen molar-refractivity contribution in [3.8, 4) is 17.2 Å². The summed E-state index contributed by atoms with van der Waals surface area (Å²) in [4.78, 5) is 14.0. The van der Waals surface area contributed by atoms with Crippen LogP contribution in [0.1, 0.15) is 104 Å². The Balaban J connectivity index is 2.85. The maximum Gasteiger partial charge on any atom is 0.192 e. The van der Waals surface area contributed by atoms with Crippen LogP contribution in [0, 0.1) is 30.6 Å². The molecule has 0 aromatic heterocycles. The lowest BCUT2D eigenvalue weighted by Crippen LogP contribution is -2.53. The van der Waals surface area contributed by atoms with Gasteiger partial charge in [0.2, 0.25) is 0 Å². The maximum atomic E-state index is 14.0. The summed E-state index contributed by atoms with van der Waals surface area (Å²) in [7, 11) is 2.80. The molecule has 1 fully saturated rings. The third-order valence-corrected chi connectivity index (χ3v) is 15.1. The minimum absolute atomic E-state index is 0.0343. The average Bonchev–Trinajstić information content (AvgIpc) is 2.97. The molecule has 7 heteroatoms. The van der Waals surface area contributed by atoms with E-state index in [4.69, 9.17) is 23.4 Å². The molecule has 0 saturated carbocycles. The zero-order chi connectivity index (χ0) is 36.0. The van der Waals surface area contributed by atoms with Crippen molar-refractivity contribution in [3.05, 3.63) is 53.1 Å². The molecule has 1 aromatic carbocycles. The highest BCUT2D eigenvalue weighted by molar-refractivity contribution is 6.74. The van der Waals surface area contributed by atoms with Gasteiger partial charge in [-0.15, -0.1) is 13.2 Å². The zero-order valence-corrected chi connectivity index (χ0v) is 33.4. The number of rotatable bonds is 16. The van der Waals surface area contributed by atoms with E-state index in [2.05, 4.69) is 80.8 Å². The lowest BCUT2D eigenvalue weighted by atomic mass is 9.77. The van der Waals surface area contributed by atoms with Crippen molar-refractivity contribution in [2.45, 2.75) is 131 Å². The standard InChI is InChI=1S/C40H66O6Si/c1-18-25(4)19-20-33-28(7)35(46-47(16,17)40(10,11)12)29(8)37(45-33)34-31(23-32(41)27(6)22-26(5)21-24(2)3)36(42-13)30(9)38(43-14)39(34)44-15/h18,22,25-26,28-29,33,35,37H,1-2,19-21,23H2,3-17H3/b27-22-/t25-,26-,28+,29-,33-,35+,37-/m1/s1. The van der Waals surface area contributed by atoms with Gasteiger partial charge in [-0.2, -0.15) is 0 Å². The molecule has 2 rings (SSSR count). The molecule has 47 heavy (non-hydrogen) atoms. The molecule has 0 unspecified atom stereocenters. The molecule has 0 bridgehead atoms. The topological polar surface area (TPSA) is 63.2 Å². The molecule has 0 aliphatic carbocycles. The van der Waals surface area contributed by atoms with E-state index in [1.54, 1.807) is 21.3 Å². The van der Waals surface area contributed by atoms with Crippen LogP contribution in [0.25, 0.3) is 0 Å². The van der Waals surface area contributed by atoms with Crippen molar-refractivity contribution in [1.82, 2.24) is 0 Å². The predicted octanol–water partition coefficient (Wildman–Crippen LogP) is 10.4. The molecule has 1 aromatic rings. The molecule has 0 radical (unpaired) electrons. The first kappa shape index (κ1) is 40.8. The Morgan fingerprint density at radius 1 is 0.979 bits per heavy atom. The fraction of sp³-hybridized carbons (Fsp3) is 0.675. The number of carbonyl (C=O) groups excluding carboxylic acids is 1. The summed E-state index contributed by atoms with van der Waals surface area (Å²) in [6.45, 7) is 34.2.